The number of nitro benzene ring substituents is 1. The van der Waals surface area contributed by atoms with Crippen molar-refractivity contribution in [2.24, 2.45) is 0 Å². The highest BCUT2D eigenvalue weighted by molar-refractivity contribution is 7.90. The van der Waals surface area contributed by atoms with Gasteiger partial charge in [0.25, 0.3) is 21.6 Å². The Hall–Kier alpha value is -3.18. The number of carbonyl (C=O) groups is 2. The van der Waals surface area contributed by atoms with Gasteiger partial charge in [0, 0.05) is 18.8 Å². The number of urea groups is 1. The van der Waals surface area contributed by atoms with Crippen molar-refractivity contribution in [2.45, 2.75) is 4.90 Å². The number of nitrogens with zero attached hydrogens (tertiary/aromatic N) is 1. The zero-order chi connectivity index (χ0) is 20.2. The SMILES string of the molecule is CNC(=O)Nc1ccc(S(=O)(=O)NC(=O)c2cccc([N+](=O)[O-])c2Cl)cc1. The Morgan fingerprint density at radius 2 is 1.74 bits per heavy atom. The maximum absolute atomic E-state index is 12.3. The van der Waals surface area contributed by atoms with Gasteiger partial charge in [0.2, 0.25) is 0 Å². The molecule has 0 unspecified atom stereocenters. The lowest BCUT2D eigenvalue weighted by molar-refractivity contribution is -0.384. The molecule has 0 heterocycles. The number of anilines is 1. The molecule has 0 aliphatic carbocycles. The molecule has 3 N–H and O–H groups in total. The van der Waals surface area contributed by atoms with Crippen LogP contribution in [0.4, 0.5) is 16.2 Å². The lowest BCUT2D eigenvalue weighted by Crippen LogP contribution is -2.31. The standard InChI is InChI=1S/C15H13ClN4O6S/c1-17-15(22)18-9-5-7-10(8-6-9)27(25,26)19-14(21)11-3-2-4-12(13(11)16)20(23)24/h2-8H,1H3,(H,19,21)(H2,17,18,22). The van der Waals surface area contributed by atoms with E-state index in [9.17, 15) is 28.1 Å². The Bertz CT molecular complexity index is 1010. The van der Waals surface area contributed by atoms with Gasteiger partial charge >= 0.3 is 6.03 Å². The van der Waals surface area contributed by atoms with E-state index in [4.69, 9.17) is 11.6 Å². The highest BCUT2D eigenvalue weighted by Gasteiger charge is 2.24. The van der Waals surface area contributed by atoms with E-state index in [2.05, 4.69) is 10.6 Å². The van der Waals surface area contributed by atoms with Crippen LogP contribution >= 0.6 is 11.6 Å². The van der Waals surface area contributed by atoms with Crippen LogP contribution in [0.2, 0.25) is 5.02 Å². The minimum atomic E-state index is -4.26. The number of hydrogen-bond acceptors (Lipinski definition) is 6. The van der Waals surface area contributed by atoms with Crippen molar-refractivity contribution in [2.75, 3.05) is 12.4 Å². The van der Waals surface area contributed by atoms with Crippen molar-refractivity contribution >= 4 is 44.9 Å². The summed E-state index contributed by atoms with van der Waals surface area (Å²) >= 11 is 5.81. The molecule has 0 radical (unpaired) electrons. The summed E-state index contributed by atoms with van der Waals surface area (Å²) in [5.74, 6) is -1.11. The Kier molecular flexibility index (Phi) is 5.98. The number of sulfonamides is 1. The molecule has 2 aromatic rings. The maximum Gasteiger partial charge on any atom is 0.318 e. The molecular weight excluding hydrogens is 400 g/mol. The van der Waals surface area contributed by atoms with Gasteiger partial charge in [0.15, 0.2) is 0 Å². The van der Waals surface area contributed by atoms with Gasteiger partial charge in [-0.15, -0.1) is 0 Å². The molecule has 2 aromatic carbocycles. The number of amides is 3. The average Bonchev–Trinajstić information content (AvgIpc) is 2.61. The number of hydrogen-bond donors (Lipinski definition) is 3. The van der Waals surface area contributed by atoms with Gasteiger partial charge in [-0.1, -0.05) is 17.7 Å². The number of nitro groups is 1. The van der Waals surface area contributed by atoms with E-state index in [0.717, 1.165) is 12.1 Å². The molecule has 2 rings (SSSR count). The van der Waals surface area contributed by atoms with E-state index >= 15 is 0 Å². The normalized spacial score (nSPS) is 10.7. The third-order valence-electron chi connectivity index (χ3n) is 3.30. The quantitative estimate of drug-likeness (QED) is 0.506. The molecule has 0 bridgehead atoms. The first kappa shape index (κ1) is 20.1. The van der Waals surface area contributed by atoms with Gasteiger partial charge in [0.1, 0.15) is 5.02 Å². The first-order valence-electron chi connectivity index (χ1n) is 7.24. The predicted octanol–water partition coefficient (Wildman–Crippen LogP) is 2.12. The highest BCUT2D eigenvalue weighted by atomic mass is 35.5. The lowest BCUT2D eigenvalue weighted by Gasteiger charge is -2.09. The zero-order valence-corrected chi connectivity index (χ0v) is 15.3. The first-order valence-corrected chi connectivity index (χ1v) is 9.10. The van der Waals surface area contributed by atoms with E-state index in [1.54, 1.807) is 4.72 Å². The molecular formula is C15H13ClN4O6S. The van der Waals surface area contributed by atoms with E-state index in [1.807, 2.05) is 0 Å². The molecule has 0 saturated carbocycles. The fourth-order valence-corrected chi connectivity index (χ4v) is 3.23. The lowest BCUT2D eigenvalue weighted by atomic mass is 10.2. The van der Waals surface area contributed by atoms with Crippen molar-refractivity contribution in [3.8, 4) is 0 Å². The number of halogens is 1. The molecule has 0 spiro atoms. The molecule has 3 amide bonds. The van der Waals surface area contributed by atoms with Crippen LogP contribution in [0.15, 0.2) is 47.4 Å². The molecule has 27 heavy (non-hydrogen) atoms. The second kappa shape index (κ2) is 8.01. The summed E-state index contributed by atoms with van der Waals surface area (Å²) in [6, 6.07) is 7.99. The van der Waals surface area contributed by atoms with Crippen LogP contribution in [0.25, 0.3) is 0 Å². The smallest absolute Gasteiger partial charge is 0.318 e. The van der Waals surface area contributed by atoms with Crippen LogP contribution in [0.3, 0.4) is 0 Å². The topological polar surface area (TPSA) is 148 Å². The van der Waals surface area contributed by atoms with Crippen LogP contribution in [0, 0.1) is 10.1 Å². The first-order chi connectivity index (χ1) is 12.7. The summed E-state index contributed by atoms with van der Waals surface area (Å²) in [6.45, 7) is 0. The van der Waals surface area contributed by atoms with Crippen LogP contribution in [0.5, 0.6) is 0 Å². The van der Waals surface area contributed by atoms with Crippen molar-refractivity contribution < 1.29 is 22.9 Å². The molecule has 0 aromatic heterocycles. The molecule has 0 atom stereocenters. The molecule has 0 aliphatic heterocycles. The Morgan fingerprint density at radius 1 is 1.11 bits per heavy atom. The van der Waals surface area contributed by atoms with Crippen LogP contribution in [-0.4, -0.2) is 32.3 Å². The summed E-state index contributed by atoms with van der Waals surface area (Å²) in [4.78, 5) is 33.3. The van der Waals surface area contributed by atoms with Crippen molar-refractivity contribution in [1.29, 1.82) is 0 Å². The van der Waals surface area contributed by atoms with Gasteiger partial charge < -0.3 is 10.6 Å². The van der Waals surface area contributed by atoms with Crippen molar-refractivity contribution in [1.82, 2.24) is 10.0 Å². The fraction of sp³-hybridized carbons (Fsp3) is 0.0667. The summed E-state index contributed by atoms with van der Waals surface area (Å²) in [6.07, 6.45) is 0. The predicted molar refractivity (Wildman–Crippen MR) is 97.3 cm³/mol. The molecule has 10 nitrogen and oxygen atoms in total. The number of rotatable bonds is 5. The second-order valence-corrected chi connectivity index (χ2v) is 7.12. The number of nitrogens with one attached hydrogen (secondary N) is 3. The molecule has 142 valence electrons. The second-order valence-electron chi connectivity index (χ2n) is 5.06. The van der Waals surface area contributed by atoms with Crippen LogP contribution in [-0.2, 0) is 10.0 Å². The minimum absolute atomic E-state index is 0.250. The monoisotopic (exact) mass is 412 g/mol. The van der Waals surface area contributed by atoms with Crippen molar-refractivity contribution in [3.63, 3.8) is 0 Å². The average molecular weight is 413 g/mol. The molecule has 0 saturated heterocycles. The van der Waals surface area contributed by atoms with Crippen LogP contribution in [0.1, 0.15) is 10.4 Å². The van der Waals surface area contributed by atoms with Gasteiger partial charge in [-0.25, -0.2) is 17.9 Å². The number of carbonyl (C=O) groups excluding carboxylic acids is 2. The van der Waals surface area contributed by atoms with Gasteiger partial charge in [-0.2, -0.15) is 0 Å². The Morgan fingerprint density at radius 3 is 2.30 bits per heavy atom. The summed E-state index contributed by atoms with van der Waals surface area (Å²) in [5.41, 5.74) is -0.542. The summed E-state index contributed by atoms with van der Waals surface area (Å²) < 4.78 is 26.4. The summed E-state index contributed by atoms with van der Waals surface area (Å²) in [5, 5.41) is 15.2. The highest BCUT2D eigenvalue weighted by Crippen LogP contribution is 2.28. The Labute approximate surface area is 158 Å². The number of benzene rings is 2. The third kappa shape index (κ3) is 4.71. The van der Waals surface area contributed by atoms with Crippen LogP contribution < -0.4 is 15.4 Å². The van der Waals surface area contributed by atoms with Crippen molar-refractivity contribution in [3.05, 3.63) is 63.2 Å². The fourth-order valence-electron chi connectivity index (χ4n) is 1.98. The zero-order valence-electron chi connectivity index (χ0n) is 13.7. The minimum Gasteiger partial charge on any atom is -0.341 e. The van der Waals surface area contributed by atoms with E-state index in [1.165, 1.54) is 37.4 Å². The van der Waals surface area contributed by atoms with Gasteiger partial charge in [-0.05, 0) is 30.3 Å². The Balaban J connectivity index is 2.23. The van der Waals surface area contributed by atoms with E-state index in [0.29, 0.717) is 5.69 Å². The van der Waals surface area contributed by atoms with E-state index in [-0.39, 0.29) is 10.5 Å². The van der Waals surface area contributed by atoms with Gasteiger partial charge in [0.05, 0.1) is 15.4 Å². The largest absolute Gasteiger partial charge is 0.341 e. The molecule has 0 aliphatic rings. The van der Waals surface area contributed by atoms with Gasteiger partial charge in [-0.3, -0.25) is 14.9 Å². The third-order valence-corrected chi connectivity index (χ3v) is 5.04. The summed E-state index contributed by atoms with van der Waals surface area (Å²) in [7, 11) is -2.85. The molecule has 0 fully saturated rings. The molecule has 12 heteroatoms. The maximum atomic E-state index is 12.3. The van der Waals surface area contributed by atoms with E-state index < -0.39 is 37.6 Å².